The first-order valence-electron chi connectivity index (χ1n) is 5.98. The number of aromatic nitrogens is 2. The summed E-state index contributed by atoms with van der Waals surface area (Å²) in [6.07, 6.45) is 1.55. The Kier molecular flexibility index (Phi) is 3.43. The SMILES string of the molecule is Cc1cc(OCc2noc(-c3ccco3)n2)ccc1Cl. The Balaban J connectivity index is 1.68. The van der Waals surface area contributed by atoms with E-state index in [1.54, 1.807) is 30.5 Å². The van der Waals surface area contributed by atoms with Crippen molar-refractivity contribution in [3.8, 4) is 17.4 Å². The lowest BCUT2D eigenvalue weighted by atomic mass is 10.2. The van der Waals surface area contributed by atoms with Crippen molar-refractivity contribution in [2.75, 3.05) is 0 Å². The summed E-state index contributed by atoms with van der Waals surface area (Å²) < 4.78 is 15.8. The Bertz CT molecular complexity index is 707. The normalized spacial score (nSPS) is 10.7. The molecule has 0 amide bonds. The van der Waals surface area contributed by atoms with Crippen molar-refractivity contribution in [2.45, 2.75) is 13.5 Å². The van der Waals surface area contributed by atoms with Crippen LogP contribution in [0.25, 0.3) is 11.7 Å². The van der Waals surface area contributed by atoms with E-state index in [0.29, 0.717) is 28.2 Å². The molecule has 0 unspecified atom stereocenters. The third kappa shape index (κ3) is 2.67. The summed E-state index contributed by atoms with van der Waals surface area (Å²) in [6.45, 7) is 2.13. The Hall–Kier alpha value is -2.27. The van der Waals surface area contributed by atoms with Gasteiger partial charge in [0.15, 0.2) is 12.4 Å². The van der Waals surface area contributed by atoms with Crippen LogP contribution in [-0.2, 0) is 6.61 Å². The highest BCUT2D eigenvalue weighted by atomic mass is 35.5. The van der Waals surface area contributed by atoms with Gasteiger partial charge in [0, 0.05) is 5.02 Å². The quantitative estimate of drug-likeness (QED) is 0.730. The molecule has 0 atom stereocenters. The van der Waals surface area contributed by atoms with Gasteiger partial charge < -0.3 is 13.7 Å². The minimum Gasteiger partial charge on any atom is -0.485 e. The molecule has 0 saturated carbocycles. The molecule has 3 aromatic rings. The maximum Gasteiger partial charge on any atom is 0.293 e. The predicted molar refractivity (Wildman–Crippen MR) is 72.5 cm³/mol. The molecule has 0 aliphatic rings. The van der Waals surface area contributed by atoms with E-state index in [2.05, 4.69) is 10.1 Å². The number of aryl methyl sites for hydroxylation is 1. The molecule has 0 aliphatic heterocycles. The fraction of sp³-hybridized carbons (Fsp3) is 0.143. The highest BCUT2D eigenvalue weighted by molar-refractivity contribution is 6.31. The molecule has 2 aromatic heterocycles. The van der Waals surface area contributed by atoms with Crippen molar-refractivity contribution in [3.05, 3.63) is 53.0 Å². The van der Waals surface area contributed by atoms with E-state index >= 15 is 0 Å². The topological polar surface area (TPSA) is 61.3 Å². The molecular formula is C14H11ClN2O3. The Morgan fingerprint density at radius 2 is 2.20 bits per heavy atom. The lowest BCUT2D eigenvalue weighted by Crippen LogP contribution is -1.97. The van der Waals surface area contributed by atoms with E-state index in [0.717, 1.165) is 5.56 Å². The molecule has 6 heteroatoms. The van der Waals surface area contributed by atoms with Gasteiger partial charge in [-0.15, -0.1) is 0 Å². The summed E-state index contributed by atoms with van der Waals surface area (Å²) in [6, 6.07) is 8.95. The monoisotopic (exact) mass is 290 g/mol. The third-order valence-electron chi connectivity index (χ3n) is 2.70. The largest absolute Gasteiger partial charge is 0.485 e. The van der Waals surface area contributed by atoms with Crippen LogP contribution < -0.4 is 4.74 Å². The number of benzene rings is 1. The van der Waals surface area contributed by atoms with Crippen LogP contribution in [0.1, 0.15) is 11.4 Å². The molecular weight excluding hydrogens is 280 g/mol. The molecule has 1 aromatic carbocycles. The van der Waals surface area contributed by atoms with Gasteiger partial charge in [0.25, 0.3) is 5.89 Å². The highest BCUT2D eigenvalue weighted by Crippen LogP contribution is 2.22. The Morgan fingerprint density at radius 3 is 2.95 bits per heavy atom. The highest BCUT2D eigenvalue weighted by Gasteiger charge is 2.11. The van der Waals surface area contributed by atoms with Gasteiger partial charge in [-0.05, 0) is 42.8 Å². The molecule has 0 fully saturated rings. The van der Waals surface area contributed by atoms with E-state index < -0.39 is 0 Å². The number of ether oxygens (including phenoxy) is 1. The second kappa shape index (κ2) is 5.38. The van der Waals surface area contributed by atoms with Crippen molar-refractivity contribution < 1.29 is 13.7 Å². The summed E-state index contributed by atoms with van der Waals surface area (Å²) in [5, 5.41) is 4.54. The molecule has 0 radical (unpaired) electrons. The third-order valence-corrected chi connectivity index (χ3v) is 3.12. The molecule has 0 aliphatic carbocycles. The van der Waals surface area contributed by atoms with Crippen LogP contribution in [0, 0.1) is 6.92 Å². The first-order chi connectivity index (χ1) is 9.72. The fourth-order valence-electron chi connectivity index (χ4n) is 1.67. The molecule has 3 rings (SSSR count). The standard InChI is InChI=1S/C14H11ClN2O3/c1-9-7-10(4-5-11(9)15)19-8-13-16-14(20-17-13)12-3-2-6-18-12/h2-7H,8H2,1H3. The molecule has 2 heterocycles. The molecule has 102 valence electrons. The first-order valence-corrected chi connectivity index (χ1v) is 6.35. The van der Waals surface area contributed by atoms with Gasteiger partial charge in [-0.1, -0.05) is 16.8 Å². The van der Waals surface area contributed by atoms with Crippen molar-refractivity contribution >= 4 is 11.6 Å². The van der Waals surface area contributed by atoms with Gasteiger partial charge in [-0.3, -0.25) is 0 Å². The van der Waals surface area contributed by atoms with E-state index in [-0.39, 0.29) is 6.61 Å². The van der Waals surface area contributed by atoms with Gasteiger partial charge in [0.1, 0.15) is 5.75 Å². The summed E-state index contributed by atoms with van der Waals surface area (Å²) in [7, 11) is 0. The van der Waals surface area contributed by atoms with Gasteiger partial charge in [-0.25, -0.2) is 0 Å². The zero-order valence-corrected chi connectivity index (χ0v) is 11.4. The van der Waals surface area contributed by atoms with Gasteiger partial charge in [0.05, 0.1) is 6.26 Å². The molecule has 0 saturated heterocycles. The van der Waals surface area contributed by atoms with Crippen LogP contribution in [0.3, 0.4) is 0 Å². The average molecular weight is 291 g/mol. The molecule has 0 spiro atoms. The Labute approximate surface area is 120 Å². The maximum absolute atomic E-state index is 5.95. The molecule has 0 N–H and O–H groups in total. The van der Waals surface area contributed by atoms with Crippen LogP contribution in [0.5, 0.6) is 5.75 Å². The number of nitrogens with zero attached hydrogens (tertiary/aromatic N) is 2. The minimum absolute atomic E-state index is 0.214. The predicted octanol–water partition coefficient (Wildman–Crippen LogP) is 3.87. The number of furan rings is 1. The maximum atomic E-state index is 5.95. The van der Waals surface area contributed by atoms with Crippen LogP contribution in [0.15, 0.2) is 45.5 Å². The number of hydrogen-bond donors (Lipinski definition) is 0. The first kappa shape index (κ1) is 12.7. The Morgan fingerprint density at radius 1 is 1.30 bits per heavy atom. The second-order valence-corrected chi connectivity index (χ2v) is 4.60. The smallest absolute Gasteiger partial charge is 0.293 e. The number of halogens is 1. The van der Waals surface area contributed by atoms with Crippen molar-refractivity contribution in [1.82, 2.24) is 10.1 Å². The second-order valence-electron chi connectivity index (χ2n) is 4.19. The lowest BCUT2D eigenvalue weighted by molar-refractivity contribution is 0.286. The molecule has 5 nitrogen and oxygen atoms in total. The summed E-state index contributed by atoms with van der Waals surface area (Å²) in [5.41, 5.74) is 0.952. The zero-order chi connectivity index (χ0) is 13.9. The zero-order valence-electron chi connectivity index (χ0n) is 10.7. The number of rotatable bonds is 4. The van der Waals surface area contributed by atoms with E-state index in [1.165, 1.54) is 0 Å². The minimum atomic E-state index is 0.214. The van der Waals surface area contributed by atoms with E-state index in [4.69, 9.17) is 25.3 Å². The van der Waals surface area contributed by atoms with Gasteiger partial charge in [0.2, 0.25) is 5.82 Å². The molecule has 0 bridgehead atoms. The van der Waals surface area contributed by atoms with Gasteiger partial charge >= 0.3 is 0 Å². The van der Waals surface area contributed by atoms with E-state index in [9.17, 15) is 0 Å². The van der Waals surface area contributed by atoms with Crippen LogP contribution in [0.2, 0.25) is 5.02 Å². The lowest BCUT2D eigenvalue weighted by Gasteiger charge is -2.04. The van der Waals surface area contributed by atoms with Crippen LogP contribution in [-0.4, -0.2) is 10.1 Å². The number of hydrogen-bond acceptors (Lipinski definition) is 5. The van der Waals surface area contributed by atoms with Crippen LogP contribution >= 0.6 is 11.6 Å². The summed E-state index contributed by atoms with van der Waals surface area (Å²) in [5.74, 6) is 2.02. The summed E-state index contributed by atoms with van der Waals surface area (Å²) >= 11 is 5.95. The van der Waals surface area contributed by atoms with Crippen LogP contribution in [0.4, 0.5) is 0 Å². The van der Waals surface area contributed by atoms with E-state index in [1.807, 2.05) is 13.0 Å². The summed E-state index contributed by atoms with van der Waals surface area (Å²) in [4.78, 5) is 4.19. The van der Waals surface area contributed by atoms with Crippen molar-refractivity contribution in [2.24, 2.45) is 0 Å². The van der Waals surface area contributed by atoms with Crippen molar-refractivity contribution in [3.63, 3.8) is 0 Å². The fourth-order valence-corrected chi connectivity index (χ4v) is 1.79. The van der Waals surface area contributed by atoms with Crippen molar-refractivity contribution in [1.29, 1.82) is 0 Å². The van der Waals surface area contributed by atoms with Gasteiger partial charge in [-0.2, -0.15) is 4.98 Å². The molecule has 20 heavy (non-hydrogen) atoms. The average Bonchev–Trinajstić information content (AvgIpc) is 3.09.